The number of anilines is 1. The summed E-state index contributed by atoms with van der Waals surface area (Å²) in [5, 5.41) is -0.868. The van der Waals surface area contributed by atoms with E-state index < -0.39 is 27.2 Å². The molecule has 0 saturated carbocycles. The molecule has 0 amide bonds. The molecule has 1 N–H and O–H groups in total. The van der Waals surface area contributed by atoms with E-state index >= 15 is 0 Å². The van der Waals surface area contributed by atoms with Crippen LogP contribution < -0.4 is 19.7 Å². The van der Waals surface area contributed by atoms with E-state index in [2.05, 4.69) is 22.6 Å². The zero-order valence-electron chi connectivity index (χ0n) is 15.1. The van der Waals surface area contributed by atoms with Crippen molar-refractivity contribution in [1.29, 1.82) is 0 Å². The number of ether oxygens (including phenoxy) is 2. The highest BCUT2D eigenvalue weighted by Crippen LogP contribution is 2.33. The van der Waals surface area contributed by atoms with E-state index in [9.17, 15) is 21.6 Å². The molecule has 0 aliphatic carbocycles. The predicted molar refractivity (Wildman–Crippen MR) is 104 cm³/mol. The molecule has 1 unspecified atom stereocenters. The van der Waals surface area contributed by atoms with E-state index in [1.807, 2.05) is 4.72 Å². The molecule has 0 bridgehead atoms. The lowest BCUT2D eigenvalue weighted by Gasteiger charge is -2.19. The molecular formula is C15H17BF3N3O4S2. The third kappa shape index (κ3) is 5.68. The van der Waals surface area contributed by atoms with Crippen LogP contribution in [0.3, 0.4) is 0 Å². The van der Waals surface area contributed by atoms with Gasteiger partial charge in [0.15, 0.2) is 11.6 Å². The van der Waals surface area contributed by atoms with Gasteiger partial charge in [-0.3, -0.25) is 4.72 Å². The van der Waals surface area contributed by atoms with Crippen molar-refractivity contribution in [2.75, 3.05) is 24.7 Å². The minimum absolute atomic E-state index is 0.0165. The smallest absolute Gasteiger partial charge is 0.404 e. The van der Waals surface area contributed by atoms with Crippen molar-refractivity contribution < 1.29 is 31.1 Å². The Morgan fingerprint density at radius 1 is 1.21 bits per heavy atom. The molecule has 7 nitrogen and oxygen atoms in total. The van der Waals surface area contributed by atoms with Crippen molar-refractivity contribution in [2.24, 2.45) is 0 Å². The van der Waals surface area contributed by atoms with Gasteiger partial charge in [-0.25, -0.2) is 8.42 Å². The molecule has 0 aliphatic heterocycles. The van der Waals surface area contributed by atoms with Gasteiger partial charge in [-0.1, -0.05) is 23.7 Å². The summed E-state index contributed by atoms with van der Waals surface area (Å²) >= 11 is 4.44. The highest BCUT2D eigenvalue weighted by molar-refractivity contribution is 7.92. The summed E-state index contributed by atoms with van der Waals surface area (Å²) in [6, 6.07) is 6.13. The van der Waals surface area contributed by atoms with E-state index in [1.165, 1.54) is 26.4 Å². The van der Waals surface area contributed by atoms with Gasteiger partial charge in [-0.15, -0.1) is 0 Å². The van der Waals surface area contributed by atoms with Crippen LogP contribution in [0.15, 0.2) is 24.3 Å². The molecule has 1 aromatic carbocycles. The van der Waals surface area contributed by atoms with Crippen LogP contribution in [0.2, 0.25) is 0 Å². The standard InChI is InChI=1S/C15H17BF3N3O4S2/c1-25-10-6-11(26-2)21-14(20-10)13(27)8-4-3-5-9(16)12(8)22-28(23,24)7-15(17,18)19/h3-6,13,22,27H,7,16H2,1-2H3. The number of benzene rings is 1. The summed E-state index contributed by atoms with van der Waals surface area (Å²) in [6.07, 6.45) is -4.88. The number of rotatable bonds is 7. The van der Waals surface area contributed by atoms with E-state index in [-0.39, 0.29) is 28.8 Å². The largest absolute Gasteiger partial charge is 0.481 e. The van der Waals surface area contributed by atoms with Crippen molar-refractivity contribution in [3.8, 4) is 11.8 Å². The first kappa shape index (κ1) is 22.1. The second kappa shape index (κ2) is 8.47. The number of halogens is 3. The van der Waals surface area contributed by atoms with Gasteiger partial charge in [0.25, 0.3) is 0 Å². The van der Waals surface area contributed by atoms with Gasteiger partial charge in [0, 0.05) is 5.69 Å². The van der Waals surface area contributed by atoms with Gasteiger partial charge in [-0.2, -0.15) is 35.8 Å². The molecular weight excluding hydrogens is 418 g/mol. The summed E-state index contributed by atoms with van der Waals surface area (Å²) in [6.45, 7) is 0. The molecule has 0 saturated heterocycles. The molecule has 2 rings (SSSR count). The number of hydrogen-bond donors (Lipinski definition) is 2. The topological polar surface area (TPSA) is 90.4 Å². The number of alkyl halides is 3. The first-order valence-electron chi connectivity index (χ1n) is 7.77. The average Bonchev–Trinajstić information content (AvgIpc) is 2.60. The molecule has 2 aromatic rings. The molecule has 0 radical (unpaired) electrons. The SMILES string of the molecule is Bc1cccc(C(S)c2nc(OC)cc(OC)n2)c1NS(=O)(=O)CC(F)(F)F. The summed E-state index contributed by atoms with van der Waals surface area (Å²) in [4.78, 5) is 8.31. The maximum absolute atomic E-state index is 12.6. The summed E-state index contributed by atoms with van der Waals surface area (Å²) in [5.74, 6) is -1.50. The van der Waals surface area contributed by atoms with Crippen LogP contribution in [0.25, 0.3) is 0 Å². The second-order valence-electron chi connectivity index (χ2n) is 5.73. The lowest BCUT2D eigenvalue weighted by molar-refractivity contribution is -0.106. The summed E-state index contributed by atoms with van der Waals surface area (Å²) in [5.41, 5.74) is 0.679. The zero-order chi connectivity index (χ0) is 21.1. The fourth-order valence-corrected chi connectivity index (χ4v) is 3.78. The molecule has 28 heavy (non-hydrogen) atoms. The highest BCUT2D eigenvalue weighted by atomic mass is 32.2. The molecule has 13 heteroatoms. The fourth-order valence-electron chi connectivity index (χ4n) is 2.36. The second-order valence-corrected chi connectivity index (χ2v) is 7.97. The molecule has 1 aromatic heterocycles. The van der Waals surface area contributed by atoms with E-state index in [0.29, 0.717) is 5.46 Å². The van der Waals surface area contributed by atoms with E-state index in [4.69, 9.17) is 9.47 Å². The quantitative estimate of drug-likeness (QED) is 0.500. The Labute approximate surface area is 166 Å². The summed E-state index contributed by atoms with van der Waals surface area (Å²) in [7, 11) is -0.337. The average molecular weight is 435 g/mol. The number of methoxy groups -OCH3 is 2. The van der Waals surface area contributed by atoms with Crippen molar-refractivity contribution >= 4 is 41.6 Å². The number of aromatic nitrogens is 2. The Hall–Kier alpha value is -2.15. The lowest BCUT2D eigenvalue weighted by Crippen LogP contribution is -2.30. The fraction of sp³-hybridized carbons (Fsp3) is 0.333. The molecule has 152 valence electrons. The van der Waals surface area contributed by atoms with Crippen LogP contribution in [0, 0.1) is 0 Å². The third-order valence-electron chi connectivity index (χ3n) is 3.57. The molecule has 0 aliphatic rings. The maximum atomic E-state index is 12.6. The highest BCUT2D eigenvalue weighted by Gasteiger charge is 2.36. The molecule has 1 atom stereocenters. The maximum Gasteiger partial charge on any atom is 0.404 e. The van der Waals surface area contributed by atoms with Crippen LogP contribution in [-0.4, -0.2) is 52.4 Å². The Morgan fingerprint density at radius 3 is 2.29 bits per heavy atom. The number of thiol groups is 1. The van der Waals surface area contributed by atoms with Crippen LogP contribution in [-0.2, 0) is 10.0 Å². The van der Waals surface area contributed by atoms with Gasteiger partial charge in [-0.05, 0) is 5.56 Å². The van der Waals surface area contributed by atoms with Gasteiger partial charge in [0.05, 0.1) is 25.5 Å². The zero-order valence-corrected chi connectivity index (χ0v) is 16.8. The molecule has 1 heterocycles. The van der Waals surface area contributed by atoms with Crippen molar-refractivity contribution in [3.05, 3.63) is 35.7 Å². The van der Waals surface area contributed by atoms with Crippen LogP contribution in [0.5, 0.6) is 11.8 Å². The van der Waals surface area contributed by atoms with Crippen molar-refractivity contribution in [1.82, 2.24) is 9.97 Å². The molecule has 0 fully saturated rings. The van der Waals surface area contributed by atoms with Crippen LogP contribution in [0.1, 0.15) is 16.6 Å². The minimum Gasteiger partial charge on any atom is -0.481 e. The van der Waals surface area contributed by atoms with Crippen LogP contribution >= 0.6 is 12.6 Å². The van der Waals surface area contributed by atoms with E-state index in [1.54, 1.807) is 20.0 Å². The Bertz CT molecular complexity index is 936. The van der Waals surface area contributed by atoms with Crippen LogP contribution in [0.4, 0.5) is 18.9 Å². The normalized spacial score (nSPS) is 13.1. The van der Waals surface area contributed by atoms with Gasteiger partial charge in [0.2, 0.25) is 21.8 Å². The number of para-hydroxylation sites is 1. The first-order valence-corrected chi connectivity index (χ1v) is 9.94. The number of nitrogens with one attached hydrogen (secondary N) is 1. The molecule has 0 spiro atoms. The third-order valence-corrected chi connectivity index (χ3v) is 5.30. The Balaban J connectivity index is 2.49. The minimum atomic E-state index is -4.88. The first-order chi connectivity index (χ1) is 13.0. The Morgan fingerprint density at radius 2 is 1.79 bits per heavy atom. The van der Waals surface area contributed by atoms with Crippen molar-refractivity contribution in [3.63, 3.8) is 0 Å². The number of sulfonamides is 1. The van der Waals surface area contributed by atoms with Gasteiger partial charge in [0.1, 0.15) is 7.85 Å². The van der Waals surface area contributed by atoms with Gasteiger partial charge < -0.3 is 9.47 Å². The predicted octanol–water partition coefficient (Wildman–Crippen LogP) is 1.08. The summed E-state index contributed by atoms with van der Waals surface area (Å²) < 4.78 is 73.7. The Kier molecular flexibility index (Phi) is 6.70. The monoisotopic (exact) mass is 435 g/mol. The van der Waals surface area contributed by atoms with Crippen molar-refractivity contribution in [2.45, 2.75) is 11.4 Å². The lowest BCUT2D eigenvalue weighted by atomic mass is 9.91. The number of nitrogens with zero attached hydrogens (tertiary/aromatic N) is 2. The van der Waals surface area contributed by atoms with Gasteiger partial charge >= 0.3 is 6.18 Å². The van der Waals surface area contributed by atoms with E-state index in [0.717, 1.165) is 0 Å². The number of hydrogen-bond acceptors (Lipinski definition) is 7.